The normalized spacial score (nSPS) is 8.10. The molecule has 4 heteroatoms. The molecule has 0 heterocycles. The average molecular weight is 163 g/mol. The number of nitrogens with one attached hydrogen (secondary N) is 2. The van der Waals surface area contributed by atoms with Crippen molar-refractivity contribution in [2.75, 3.05) is 5.43 Å². The van der Waals surface area contributed by atoms with Gasteiger partial charge >= 0.3 is 0 Å². The molecule has 10 heavy (non-hydrogen) atoms. The molecule has 0 radical (unpaired) electrons. The number of hydrogen-bond donors (Lipinski definition) is 2. The van der Waals surface area contributed by atoms with Gasteiger partial charge in [0.25, 0.3) is 0 Å². The summed E-state index contributed by atoms with van der Waals surface area (Å²) in [5.41, 5.74) is 4.33. The number of halogens is 2. The van der Waals surface area contributed by atoms with E-state index in [0.29, 0.717) is 5.69 Å². The van der Waals surface area contributed by atoms with Crippen LogP contribution in [0.15, 0.2) is 30.3 Å². The van der Waals surface area contributed by atoms with Crippen LogP contribution >= 0.6 is 12.4 Å². The van der Waals surface area contributed by atoms with Crippen LogP contribution in [0.3, 0.4) is 0 Å². The van der Waals surface area contributed by atoms with Crippen molar-refractivity contribution in [3.63, 3.8) is 0 Å². The second kappa shape index (κ2) is 5.02. The van der Waals surface area contributed by atoms with Crippen LogP contribution in [0.25, 0.3) is 0 Å². The fourth-order valence-corrected chi connectivity index (χ4v) is 0.576. The number of para-hydroxylation sites is 1. The fourth-order valence-electron chi connectivity index (χ4n) is 0.576. The number of hydrogen-bond acceptors (Lipinski definition) is 2. The maximum absolute atomic E-state index is 11.3. The van der Waals surface area contributed by atoms with Crippen LogP contribution in [0, 0.1) is 0 Å². The van der Waals surface area contributed by atoms with Crippen molar-refractivity contribution in [1.82, 2.24) is 5.65 Å². The summed E-state index contributed by atoms with van der Waals surface area (Å²) in [6, 6.07) is 9.02. The van der Waals surface area contributed by atoms with E-state index in [1.54, 1.807) is 12.1 Å². The molecule has 0 atom stereocenters. The Balaban J connectivity index is 0.000000810. The molecule has 2 nitrogen and oxygen atoms in total. The van der Waals surface area contributed by atoms with Crippen molar-refractivity contribution in [2.24, 2.45) is 0 Å². The second-order valence-electron chi connectivity index (χ2n) is 1.59. The number of hydrazine groups is 1. The molecule has 0 unspecified atom stereocenters. The van der Waals surface area contributed by atoms with Gasteiger partial charge in [0, 0.05) is 0 Å². The lowest BCUT2D eigenvalue weighted by atomic mass is 10.3. The first-order chi connectivity index (χ1) is 4.43. The summed E-state index contributed by atoms with van der Waals surface area (Å²) in [7, 11) is 0. The summed E-state index contributed by atoms with van der Waals surface area (Å²) in [5.74, 6) is 0. The molecular formula is C6H8ClFN2. The van der Waals surface area contributed by atoms with E-state index >= 15 is 0 Å². The lowest BCUT2D eigenvalue weighted by Crippen LogP contribution is -2.09. The van der Waals surface area contributed by atoms with Gasteiger partial charge in [-0.3, -0.25) is 5.43 Å². The van der Waals surface area contributed by atoms with Crippen LogP contribution < -0.4 is 11.1 Å². The minimum atomic E-state index is 0. The van der Waals surface area contributed by atoms with Crippen molar-refractivity contribution in [1.29, 1.82) is 0 Å². The molecule has 0 aliphatic carbocycles. The molecule has 0 amide bonds. The van der Waals surface area contributed by atoms with E-state index in [1.807, 2.05) is 18.2 Å². The quantitative estimate of drug-likeness (QED) is 0.513. The highest BCUT2D eigenvalue weighted by Gasteiger charge is 1.82. The van der Waals surface area contributed by atoms with E-state index in [4.69, 9.17) is 0 Å². The highest BCUT2D eigenvalue weighted by atomic mass is 35.5. The van der Waals surface area contributed by atoms with Crippen LogP contribution in [0.2, 0.25) is 0 Å². The summed E-state index contributed by atoms with van der Waals surface area (Å²) < 4.78 is 11.3. The van der Waals surface area contributed by atoms with Gasteiger partial charge in [-0.25, -0.2) is 0 Å². The van der Waals surface area contributed by atoms with Crippen LogP contribution in [-0.4, -0.2) is 0 Å². The smallest absolute Gasteiger partial charge is 0.0512 e. The minimum Gasteiger partial charge on any atom is -0.295 e. The largest absolute Gasteiger partial charge is 0.295 e. The molecule has 0 spiro atoms. The Morgan fingerprint density at radius 3 is 2.20 bits per heavy atom. The van der Waals surface area contributed by atoms with Crippen LogP contribution in [-0.2, 0) is 0 Å². The first-order valence-electron chi connectivity index (χ1n) is 2.60. The van der Waals surface area contributed by atoms with Gasteiger partial charge in [-0.2, -0.15) is 0 Å². The van der Waals surface area contributed by atoms with Gasteiger partial charge in [0.05, 0.1) is 5.69 Å². The Bertz CT molecular complexity index is 169. The van der Waals surface area contributed by atoms with Crippen molar-refractivity contribution < 1.29 is 4.48 Å². The van der Waals surface area contributed by atoms with Crippen molar-refractivity contribution in [2.45, 2.75) is 0 Å². The van der Waals surface area contributed by atoms with E-state index in [2.05, 4.69) is 5.43 Å². The fraction of sp³-hybridized carbons (Fsp3) is 0. The molecule has 0 saturated carbocycles. The molecule has 1 aromatic rings. The lowest BCUT2D eigenvalue weighted by molar-refractivity contribution is 0.376. The van der Waals surface area contributed by atoms with Crippen LogP contribution in [0.4, 0.5) is 10.2 Å². The van der Waals surface area contributed by atoms with E-state index in [1.165, 1.54) is 5.65 Å². The number of benzene rings is 1. The Morgan fingerprint density at radius 1 is 1.10 bits per heavy atom. The van der Waals surface area contributed by atoms with Gasteiger partial charge in [-0.1, -0.05) is 23.8 Å². The lowest BCUT2D eigenvalue weighted by Gasteiger charge is -1.97. The molecule has 0 saturated heterocycles. The molecule has 2 N–H and O–H groups in total. The van der Waals surface area contributed by atoms with Gasteiger partial charge in [0.1, 0.15) is 0 Å². The summed E-state index contributed by atoms with van der Waals surface area (Å²) in [6.45, 7) is 0. The molecule has 0 fully saturated rings. The topological polar surface area (TPSA) is 24.1 Å². The summed E-state index contributed by atoms with van der Waals surface area (Å²) in [6.07, 6.45) is 0. The number of rotatable bonds is 2. The second-order valence-corrected chi connectivity index (χ2v) is 1.59. The minimum absolute atomic E-state index is 0. The first-order valence-corrected chi connectivity index (χ1v) is 2.60. The summed E-state index contributed by atoms with van der Waals surface area (Å²) in [4.78, 5) is 0. The third-order valence-electron chi connectivity index (χ3n) is 0.965. The molecule has 0 aliphatic heterocycles. The van der Waals surface area contributed by atoms with Gasteiger partial charge in [0.2, 0.25) is 0 Å². The molecule has 1 rings (SSSR count). The Labute approximate surface area is 64.8 Å². The zero-order valence-corrected chi connectivity index (χ0v) is 5.99. The van der Waals surface area contributed by atoms with Gasteiger partial charge < -0.3 is 0 Å². The summed E-state index contributed by atoms with van der Waals surface area (Å²) in [5, 5.41) is 0. The zero-order valence-electron chi connectivity index (χ0n) is 5.17. The molecule has 0 aliphatic rings. The molecule has 56 valence electrons. The molecule has 0 bridgehead atoms. The van der Waals surface area contributed by atoms with Crippen molar-refractivity contribution in [3.8, 4) is 0 Å². The third kappa shape index (κ3) is 2.66. The van der Waals surface area contributed by atoms with E-state index in [0.717, 1.165) is 0 Å². The maximum Gasteiger partial charge on any atom is 0.0512 e. The Kier molecular flexibility index (Phi) is 4.62. The van der Waals surface area contributed by atoms with Gasteiger partial charge in [-0.15, -0.1) is 16.9 Å². The Morgan fingerprint density at radius 2 is 1.70 bits per heavy atom. The van der Waals surface area contributed by atoms with E-state index in [9.17, 15) is 4.48 Å². The van der Waals surface area contributed by atoms with Crippen LogP contribution in [0.5, 0.6) is 0 Å². The predicted octanol–water partition coefficient (Wildman–Crippen LogP) is 1.91. The third-order valence-corrected chi connectivity index (χ3v) is 0.965. The molecule has 1 aromatic carbocycles. The maximum atomic E-state index is 11.3. The SMILES string of the molecule is Cl.FNNc1ccccc1. The van der Waals surface area contributed by atoms with Gasteiger partial charge in [0.15, 0.2) is 0 Å². The van der Waals surface area contributed by atoms with Crippen molar-refractivity contribution >= 4 is 18.1 Å². The van der Waals surface area contributed by atoms with Crippen molar-refractivity contribution in [3.05, 3.63) is 30.3 Å². The van der Waals surface area contributed by atoms with E-state index < -0.39 is 0 Å². The molecule has 0 aromatic heterocycles. The van der Waals surface area contributed by atoms with E-state index in [-0.39, 0.29) is 12.4 Å². The summed E-state index contributed by atoms with van der Waals surface area (Å²) >= 11 is 0. The average Bonchev–Trinajstić information content (AvgIpc) is 1.91. The monoisotopic (exact) mass is 162 g/mol. The molecular weight excluding hydrogens is 155 g/mol. The van der Waals surface area contributed by atoms with Gasteiger partial charge in [-0.05, 0) is 12.1 Å². The highest BCUT2D eigenvalue weighted by molar-refractivity contribution is 5.85. The van der Waals surface area contributed by atoms with Crippen LogP contribution in [0.1, 0.15) is 0 Å². The highest BCUT2D eigenvalue weighted by Crippen LogP contribution is 2.01. The Hall–Kier alpha value is -0.800. The number of anilines is 1. The standard InChI is InChI=1S/C6H7FN2.ClH/c7-9-8-6-4-2-1-3-5-6;/h1-5,8-9H;1H. The predicted molar refractivity (Wildman–Crippen MR) is 41.6 cm³/mol. The zero-order chi connectivity index (χ0) is 6.53. The first kappa shape index (κ1) is 9.20.